The summed E-state index contributed by atoms with van der Waals surface area (Å²) in [6, 6.07) is 4.31. The number of hydrogen-bond donors (Lipinski definition) is 3. The van der Waals surface area contributed by atoms with Crippen molar-refractivity contribution in [1.29, 1.82) is 0 Å². The van der Waals surface area contributed by atoms with E-state index >= 15 is 0 Å². The highest BCUT2D eigenvalue weighted by Crippen LogP contribution is 2.26. The molecule has 0 saturated carbocycles. The summed E-state index contributed by atoms with van der Waals surface area (Å²) < 4.78 is 15.7. The fourth-order valence-electron chi connectivity index (χ4n) is 1.91. The van der Waals surface area contributed by atoms with Crippen molar-refractivity contribution >= 4 is 21.7 Å². The average molecular weight is 328 g/mol. The third-order valence-corrected chi connectivity index (χ3v) is 3.80. The minimum absolute atomic E-state index is 0.230. The molecule has 0 radical (unpaired) electrons. The van der Waals surface area contributed by atoms with Gasteiger partial charge in [0.15, 0.2) is 0 Å². The highest BCUT2D eigenvalue weighted by atomic mass is 79.9. The minimum Gasteiger partial charge on any atom is -0.384 e. The van der Waals surface area contributed by atoms with E-state index in [-0.39, 0.29) is 11.9 Å². The molecular formula is C12H15BrFN5. The summed E-state index contributed by atoms with van der Waals surface area (Å²) in [5.41, 5.74) is 10.2. The van der Waals surface area contributed by atoms with Crippen molar-refractivity contribution in [3.8, 4) is 0 Å². The lowest BCUT2D eigenvalue weighted by molar-refractivity contribution is 0.548. The molecule has 1 heterocycles. The third-order valence-electron chi connectivity index (χ3n) is 3.02. The summed E-state index contributed by atoms with van der Waals surface area (Å²) in [6.45, 7) is 0. The normalized spacial score (nSPS) is 12.6. The average Bonchev–Trinajstić information content (AvgIpc) is 2.71. The molecule has 0 spiro atoms. The van der Waals surface area contributed by atoms with Gasteiger partial charge in [-0.3, -0.25) is 16.0 Å². The Kier molecular flexibility index (Phi) is 4.18. The maximum atomic E-state index is 13.3. The van der Waals surface area contributed by atoms with Gasteiger partial charge < -0.3 is 5.73 Å². The summed E-state index contributed by atoms with van der Waals surface area (Å²) in [5.74, 6) is 5.82. The van der Waals surface area contributed by atoms with Crippen LogP contribution in [0.2, 0.25) is 0 Å². The van der Waals surface area contributed by atoms with Gasteiger partial charge in [0.2, 0.25) is 0 Å². The zero-order valence-corrected chi connectivity index (χ0v) is 12.0. The van der Waals surface area contributed by atoms with Gasteiger partial charge in [-0.2, -0.15) is 5.10 Å². The summed E-state index contributed by atoms with van der Waals surface area (Å²) in [6.07, 6.45) is 2.16. The van der Waals surface area contributed by atoms with Crippen molar-refractivity contribution in [2.75, 3.05) is 5.73 Å². The first-order valence-electron chi connectivity index (χ1n) is 5.70. The van der Waals surface area contributed by atoms with E-state index < -0.39 is 0 Å². The summed E-state index contributed by atoms with van der Waals surface area (Å²) in [7, 11) is 1.75. The Morgan fingerprint density at radius 2 is 2.26 bits per heavy atom. The van der Waals surface area contributed by atoms with Crippen LogP contribution < -0.4 is 17.0 Å². The number of hydrazine groups is 1. The van der Waals surface area contributed by atoms with Gasteiger partial charge in [-0.1, -0.05) is 15.9 Å². The maximum Gasteiger partial charge on any atom is 0.126 e. The second kappa shape index (κ2) is 5.68. The van der Waals surface area contributed by atoms with Gasteiger partial charge in [-0.25, -0.2) is 4.39 Å². The molecule has 0 amide bonds. The molecular weight excluding hydrogens is 313 g/mol. The number of aromatic nitrogens is 2. The molecule has 2 rings (SSSR count). The predicted molar refractivity (Wildman–Crippen MR) is 75.5 cm³/mol. The van der Waals surface area contributed by atoms with Crippen molar-refractivity contribution in [1.82, 2.24) is 15.2 Å². The van der Waals surface area contributed by atoms with E-state index in [0.29, 0.717) is 12.2 Å². The van der Waals surface area contributed by atoms with Gasteiger partial charge in [0, 0.05) is 17.1 Å². The minimum atomic E-state index is -0.284. The molecule has 0 fully saturated rings. The van der Waals surface area contributed by atoms with Crippen molar-refractivity contribution in [3.05, 3.63) is 45.8 Å². The lowest BCUT2D eigenvalue weighted by Gasteiger charge is -2.16. The topological polar surface area (TPSA) is 81.9 Å². The monoisotopic (exact) mass is 327 g/mol. The second-order valence-corrected chi connectivity index (χ2v) is 5.12. The number of nitrogens with zero attached hydrogens (tertiary/aromatic N) is 2. The van der Waals surface area contributed by atoms with Crippen LogP contribution >= 0.6 is 15.9 Å². The summed E-state index contributed by atoms with van der Waals surface area (Å²) in [4.78, 5) is 0. The molecule has 1 aromatic heterocycles. The SMILES string of the molecule is Cn1ncc(C(Cc2cc(F)ccc2Br)NN)c1N. The number of nitrogen functional groups attached to an aromatic ring is 1. The Morgan fingerprint density at radius 3 is 2.84 bits per heavy atom. The lowest BCUT2D eigenvalue weighted by Crippen LogP contribution is -2.30. The van der Waals surface area contributed by atoms with Crippen LogP contribution in [0.5, 0.6) is 0 Å². The number of anilines is 1. The zero-order chi connectivity index (χ0) is 14.0. The highest BCUT2D eigenvalue weighted by Gasteiger charge is 2.18. The van der Waals surface area contributed by atoms with E-state index in [2.05, 4.69) is 26.5 Å². The van der Waals surface area contributed by atoms with Crippen LogP contribution in [-0.2, 0) is 13.5 Å². The molecule has 5 nitrogen and oxygen atoms in total. The van der Waals surface area contributed by atoms with Crippen LogP contribution in [-0.4, -0.2) is 9.78 Å². The maximum absolute atomic E-state index is 13.3. The largest absolute Gasteiger partial charge is 0.384 e. The van der Waals surface area contributed by atoms with E-state index in [9.17, 15) is 4.39 Å². The van der Waals surface area contributed by atoms with Gasteiger partial charge in [0.1, 0.15) is 11.6 Å². The van der Waals surface area contributed by atoms with Crippen LogP contribution in [0.3, 0.4) is 0 Å². The Bertz CT molecular complexity index is 583. The number of nitrogens with two attached hydrogens (primary N) is 2. The van der Waals surface area contributed by atoms with Crippen LogP contribution in [0, 0.1) is 5.82 Å². The Labute approximate surface area is 118 Å². The molecule has 0 aliphatic rings. The van der Waals surface area contributed by atoms with E-state index in [1.165, 1.54) is 12.1 Å². The Hall–Kier alpha value is -1.44. The molecule has 0 saturated heterocycles. The number of benzene rings is 1. The fraction of sp³-hybridized carbons (Fsp3) is 0.250. The molecule has 102 valence electrons. The lowest BCUT2D eigenvalue weighted by atomic mass is 10.0. The smallest absolute Gasteiger partial charge is 0.126 e. The number of nitrogens with one attached hydrogen (secondary N) is 1. The van der Waals surface area contributed by atoms with Gasteiger partial charge in [0.25, 0.3) is 0 Å². The van der Waals surface area contributed by atoms with Crippen LogP contribution in [0.4, 0.5) is 10.2 Å². The van der Waals surface area contributed by atoms with Crippen molar-refractivity contribution in [2.24, 2.45) is 12.9 Å². The molecule has 19 heavy (non-hydrogen) atoms. The Morgan fingerprint density at radius 1 is 1.53 bits per heavy atom. The zero-order valence-electron chi connectivity index (χ0n) is 10.4. The molecule has 1 aromatic carbocycles. The molecule has 2 aromatic rings. The molecule has 7 heteroatoms. The van der Waals surface area contributed by atoms with Gasteiger partial charge in [-0.05, 0) is 30.2 Å². The number of aryl methyl sites for hydroxylation is 1. The molecule has 5 N–H and O–H groups in total. The molecule has 1 atom stereocenters. The van der Waals surface area contributed by atoms with Gasteiger partial charge in [0.05, 0.1) is 12.2 Å². The highest BCUT2D eigenvalue weighted by molar-refractivity contribution is 9.10. The van der Waals surface area contributed by atoms with Crippen LogP contribution in [0.25, 0.3) is 0 Å². The standard InChI is InChI=1S/C12H15BrFN5/c1-19-12(15)9(6-17-19)11(18-16)5-7-4-8(14)2-3-10(7)13/h2-4,6,11,18H,5,15-16H2,1H3. The first kappa shape index (κ1) is 14.0. The van der Waals surface area contributed by atoms with E-state index in [1.54, 1.807) is 24.0 Å². The first-order valence-corrected chi connectivity index (χ1v) is 6.49. The van der Waals surface area contributed by atoms with Crippen molar-refractivity contribution < 1.29 is 4.39 Å². The van der Waals surface area contributed by atoms with Crippen LogP contribution in [0.1, 0.15) is 17.2 Å². The van der Waals surface area contributed by atoms with Gasteiger partial charge in [-0.15, -0.1) is 0 Å². The first-order chi connectivity index (χ1) is 9.02. The summed E-state index contributed by atoms with van der Waals surface area (Å²) >= 11 is 3.40. The second-order valence-electron chi connectivity index (χ2n) is 4.27. The molecule has 0 aliphatic carbocycles. The molecule has 0 bridgehead atoms. The third kappa shape index (κ3) is 2.94. The Balaban J connectivity index is 2.29. The van der Waals surface area contributed by atoms with E-state index in [0.717, 1.165) is 15.6 Å². The number of hydrogen-bond acceptors (Lipinski definition) is 4. The number of halogens is 2. The predicted octanol–water partition coefficient (Wildman–Crippen LogP) is 1.65. The quantitative estimate of drug-likeness (QED) is 0.589. The van der Waals surface area contributed by atoms with Crippen molar-refractivity contribution in [2.45, 2.75) is 12.5 Å². The van der Waals surface area contributed by atoms with Crippen LogP contribution in [0.15, 0.2) is 28.9 Å². The van der Waals surface area contributed by atoms with E-state index in [1.807, 2.05) is 0 Å². The fourth-order valence-corrected chi connectivity index (χ4v) is 2.32. The summed E-state index contributed by atoms with van der Waals surface area (Å²) in [5, 5.41) is 4.08. The molecule has 0 aliphatic heterocycles. The van der Waals surface area contributed by atoms with Crippen molar-refractivity contribution in [3.63, 3.8) is 0 Å². The number of rotatable bonds is 4. The van der Waals surface area contributed by atoms with E-state index in [4.69, 9.17) is 11.6 Å². The van der Waals surface area contributed by atoms with Gasteiger partial charge >= 0.3 is 0 Å². The molecule has 1 unspecified atom stereocenters.